The van der Waals surface area contributed by atoms with E-state index in [0.717, 1.165) is 24.0 Å². The minimum Gasteiger partial charge on any atom is -0.484 e. The van der Waals surface area contributed by atoms with Gasteiger partial charge in [0.1, 0.15) is 22.8 Å². The van der Waals surface area contributed by atoms with Gasteiger partial charge in [-0.05, 0) is 50.6 Å². The predicted molar refractivity (Wildman–Crippen MR) is 121 cm³/mol. The van der Waals surface area contributed by atoms with E-state index in [9.17, 15) is 22.0 Å². The van der Waals surface area contributed by atoms with Crippen LogP contribution in [-0.4, -0.2) is 54.6 Å². The van der Waals surface area contributed by atoms with Gasteiger partial charge < -0.3 is 14.4 Å². The summed E-state index contributed by atoms with van der Waals surface area (Å²) < 4.78 is 61.9. The van der Waals surface area contributed by atoms with E-state index in [1.165, 1.54) is 0 Å². The average Bonchev–Trinajstić information content (AvgIpc) is 2.73. The molecule has 34 heavy (non-hydrogen) atoms. The van der Waals surface area contributed by atoms with Crippen molar-refractivity contribution in [2.24, 2.45) is 5.92 Å². The standard InChI is InChI=1S/C23H27F2N3O5S/c1-14-12-28(22(29)33-23(2,3)4)11-10-16(14)17-7-6-15(26-27-17)13-32-18-8-9-19(34(5,30)31)21(25)20(18)24/h6-10,14H,11-13H2,1-5H3. The SMILES string of the molecule is CC1CN(C(=O)OC(C)(C)C)CC=C1c1ccc(COc2ccc(S(C)(=O)=O)c(F)c2F)nn1. The number of hydrogen-bond donors (Lipinski definition) is 0. The van der Waals surface area contributed by atoms with Crippen LogP contribution in [0.4, 0.5) is 13.6 Å². The number of sulfone groups is 1. The van der Waals surface area contributed by atoms with Crippen LogP contribution in [-0.2, 0) is 21.2 Å². The number of benzene rings is 1. The largest absolute Gasteiger partial charge is 0.484 e. The van der Waals surface area contributed by atoms with E-state index in [2.05, 4.69) is 10.2 Å². The van der Waals surface area contributed by atoms with Gasteiger partial charge in [0, 0.05) is 25.3 Å². The molecule has 3 rings (SSSR count). The molecule has 1 unspecified atom stereocenters. The zero-order chi connectivity index (χ0) is 25.3. The molecule has 8 nitrogen and oxygen atoms in total. The minimum absolute atomic E-state index is 0.00287. The Morgan fingerprint density at radius 1 is 1.15 bits per heavy atom. The molecule has 0 saturated carbocycles. The first-order valence-electron chi connectivity index (χ1n) is 10.6. The van der Waals surface area contributed by atoms with Crippen LogP contribution in [0.2, 0.25) is 0 Å². The number of halogens is 2. The van der Waals surface area contributed by atoms with Crippen molar-refractivity contribution in [1.82, 2.24) is 15.1 Å². The van der Waals surface area contributed by atoms with Gasteiger partial charge in [-0.15, -0.1) is 0 Å². The highest BCUT2D eigenvalue weighted by Gasteiger charge is 2.28. The number of nitrogens with zero attached hydrogens (tertiary/aromatic N) is 3. The molecule has 184 valence electrons. The maximum atomic E-state index is 14.2. The Labute approximate surface area is 197 Å². The quantitative estimate of drug-likeness (QED) is 0.618. The molecule has 0 spiro atoms. The van der Waals surface area contributed by atoms with Crippen LogP contribution in [0, 0.1) is 17.6 Å². The summed E-state index contributed by atoms with van der Waals surface area (Å²) in [5.41, 5.74) is 1.37. The van der Waals surface area contributed by atoms with Crippen molar-refractivity contribution in [1.29, 1.82) is 0 Å². The Hall–Kier alpha value is -3.08. The molecule has 2 aromatic rings. The van der Waals surface area contributed by atoms with E-state index in [0.29, 0.717) is 24.5 Å². The highest BCUT2D eigenvalue weighted by Crippen LogP contribution is 2.28. The Morgan fingerprint density at radius 2 is 1.85 bits per heavy atom. The lowest BCUT2D eigenvalue weighted by Gasteiger charge is -2.32. The first kappa shape index (κ1) is 25.5. The number of ether oxygens (including phenoxy) is 2. The van der Waals surface area contributed by atoms with Crippen LogP contribution in [0.3, 0.4) is 0 Å². The van der Waals surface area contributed by atoms with E-state index < -0.39 is 37.7 Å². The van der Waals surface area contributed by atoms with Crippen molar-refractivity contribution in [3.63, 3.8) is 0 Å². The third kappa shape index (κ3) is 6.07. The number of hydrogen-bond acceptors (Lipinski definition) is 7. The van der Waals surface area contributed by atoms with E-state index >= 15 is 0 Å². The highest BCUT2D eigenvalue weighted by molar-refractivity contribution is 7.90. The molecule has 0 aliphatic carbocycles. The molecule has 2 heterocycles. The molecule has 0 fully saturated rings. The van der Waals surface area contributed by atoms with E-state index in [4.69, 9.17) is 9.47 Å². The van der Waals surface area contributed by atoms with Crippen LogP contribution in [0.1, 0.15) is 39.1 Å². The molecule has 1 aliphatic heterocycles. The Kier molecular flexibility index (Phi) is 7.25. The van der Waals surface area contributed by atoms with Gasteiger partial charge in [-0.25, -0.2) is 17.6 Å². The number of rotatable bonds is 5. The maximum Gasteiger partial charge on any atom is 0.410 e. The Bertz CT molecular complexity index is 1210. The fourth-order valence-corrected chi connectivity index (χ4v) is 4.13. The Morgan fingerprint density at radius 3 is 2.41 bits per heavy atom. The molecule has 0 bridgehead atoms. The molecule has 1 amide bonds. The topological polar surface area (TPSA) is 98.7 Å². The summed E-state index contributed by atoms with van der Waals surface area (Å²) in [6, 6.07) is 5.40. The summed E-state index contributed by atoms with van der Waals surface area (Å²) >= 11 is 0. The fraction of sp³-hybridized carbons (Fsp3) is 0.435. The van der Waals surface area contributed by atoms with Crippen molar-refractivity contribution in [3.05, 3.63) is 53.4 Å². The monoisotopic (exact) mass is 495 g/mol. The zero-order valence-corrected chi connectivity index (χ0v) is 20.4. The highest BCUT2D eigenvalue weighted by atomic mass is 32.2. The predicted octanol–water partition coefficient (Wildman–Crippen LogP) is 4.01. The second-order valence-corrected chi connectivity index (χ2v) is 11.1. The zero-order valence-electron chi connectivity index (χ0n) is 19.6. The van der Waals surface area contributed by atoms with Crippen LogP contribution < -0.4 is 4.74 Å². The van der Waals surface area contributed by atoms with Crippen LogP contribution in [0.15, 0.2) is 35.2 Å². The van der Waals surface area contributed by atoms with Crippen LogP contribution >= 0.6 is 0 Å². The lowest BCUT2D eigenvalue weighted by atomic mass is 9.94. The first-order chi connectivity index (χ1) is 15.8. The summed E-state index contributed by atoms with van der Waals surface area (Å²) in [4.78, 5) is 13.2. The molecule has 1 aromatic carbocycles. The normalized spacial score (nSPS) is 16.7. The van der Waals surface area contributed by atoms with E-state index in [1.54, 1.807) is 17.0 Å². The first-order valence-corrected chi connectivity index (χ1v) is 12.5. The summed E-state index contributed by atoms with van der Waals surface area (Å²) in [7, 11) is -3.90. The maximum absolute atomic E-state index is 14.2. The van der Waals surface area contributed by atoms with Gasteiger partial charge in [0.15, 0.2) is 21.4 Å². The average molecular weight is 496 g/mol. The van der Waals surface area contributed by atoms with Crippen molar-refractivity contribution >= 4 is 21.5 Å². The number of carbonyl (C=O) groups is 1. The molecular weight excluding hydrogens is 468 g/mol. The van der Waals surface area contributed by atoms with Crippen molar-refractivity contribution in [2.75, 3.05) is 19.3 Å². The van der Waals surface area contributed by atoms with Crippen LogP contribution in [0.5, 0.6) is 5.75 Å². The lowest BCUT2D eigenvalue weighted by molar-refractivity contribution is 0.0251. The summed E-state index contributed by atoms with van der Waals surface area (Å²) in [6.07, 6.45) is 2.32. The molecule has 1 aliphatic rings. The van der Waals surface area contributed by atoms with Crippen molar-refractivity contribution in [3.8, 4) is 5.75 Å². The van der Waals surface area contributed by atoms with Gasteiger partial charge >= 0.3 is 6.09 Å². The van der Waals surface area contributed by atoms with Gasteiger partial charge in [-0.1, -0.05) is 13.0 Å². The second-order valence-electron chi connectivity index (χ2n) is 9.11. The van der Waals surface area contributed by atoms with Crippen LogP contribution in [0.25, 0.3) is 5.57 Å². The second kappa shape index (κ2) is 9.65. The lowest BCUT2D eigenvalue weighted by Crippen LogP contribution is -2.41. The van der Waals surface area contributed by atoms with Gasteiger partial charge in [-0.2, -0.15) is 14.6 Å². The molecule has 11 heteroatoms. The van der Waals surface area contributed by atoms with Crippen molar-refractivity contribution < 1.29 is 31.5 Å². The molecule has 1 aromatic heterocycles. The minimum atomic E-state index is -3.90. The number of carbonyl (C=O) groups excluding carboxylic acids is 1. The van der Waals surface area contributed by atoms with Gasteiger partial charge in [0.25, 0.3) is 0 Å². The smallest absolute Gasteiger partial charge is 0.410 e. The third-order valence-electron chi connectivity index (χ3n) is 5.01. The van der Waals surface area contributed by atoms with Crippen molar-refractivity contribution in [2.45, 2.75) is 44.8 Å². The summed E-state index contributed by atoms with van der Waals surface area (Å²) in [5.74, 6) is -3.30. The van der Waals surface area contributed by atoms with E-state index in [1.807, 2.05) is 33.8 Å². The summed E-state index contributed by atoms with van der Waals surface area (Å²) in [5, 5.41) is 8.28. The molecule has 0 radical (unpaired) electrons. The third-order valence-corrected chi connectivity index (χ3v) is 6.12. The molecule has 0 saturated heterocycles. The van der Waals surface area contributed by atoms with E-state index in [-0.39, 0.29) is 18.6 Å². The van der Waals surface area contributed by atoms with Gasteiger partial charge in [0.05, 0.1) is 5.69 Å². The fourth-order valence-electron chi connectivity index (χ4n) is 3.40. The summed E-state index contributed by atoms with van der Waals surface area (Å²) in [6.45, 7) is 8.08. The molecular formula is C23H27F2N3O5S. The van der Waals surface area contributed by atoms with Gasteiger partial charge in [-0.3, -0.25) is 0 Å². The van der Waals surface area contributed by atoms with Gasteiger partial charge in [0.2, 0.25) is 5.82 Å². The molecule has 1 atom stereocenters. The molecule has 0 N–H and O–H groups in total. The Balaban J connectivity index is 1.66. The number of amides is 1. The number of aromatic nitrogens is 2.